The number of fused-ring (bicyclic) bond motifs is 1. The lowest BCUT2D eigenvalue weighted by Crippen LogP contribution is -2.04. The zero-order chi connectivity index (χ0) is 19.7. The summed E-state index contributed by atoms with van der Waals surface area (Å²) < 4.78 is 20.8. The molecule has 0 saturated heterocycles. The number of nitro groups is 1. The molecule has 0 unspecified atom stereocenters. The highest BCUT2D eigenvalue weighted by molar-refractivity contribution is 5.81. The van der Waals surface area contributed by atoms with Gasteiger partial charge in [0.25, 0.3) is 0 Å². The van der Waals surface area contributed by atoms with Crippen molar-refractivity contribution in [2.75, 3.05) is 12.4 Å². The van der Waals surface area contributed by atoms with Crippen LogP contribution in [0.15, 0.2) is 60.9 Å². The average Bonchev–Trinajstić information content (AvgIpc) is 3.13. The van der Waals surface area contributed by atoms with Crippen LogP contribution in [-0.2, 0) is 0 Å². The van der Waals surface area contributed by atoms with Crippen LogP contribution in [0, 0.1) is 15.9 Å². The van der Waals surface area contributed by atoms with Gasteiger partial charge in [-0.15, -0.1) is 0 Å². The van der Waals surface area contributed by atoms with Gasteiger partial charge >= 0.3 is 5.69 Å². The van der Waals surface area contributed by atoms with Gasteiger partial charge in [-0.1, -0.05) is 18.2 Å². The number of nitro benzene ring substituents is 1. The molecule has 140 valence electrons. The molecule has 28 heavy (non-hydrogen) atoms. The third kappa shape index (κ3) is 3.09. The SMILES string of the molecule is COc1cc(F)c([N+](=O)[O-])cc1Nc1nccc(-n2ccc3ccccc32)n1. The quantitative estimate of drug-likeness (QED) is 0.412. The average molecular weight is 379 g/mol. The van der Waals surface area contributed by atoms with E-state index in [0.29, 0.717) is 5.82 Å². The van der Waals surface area contributed by atoms with Gasteiger partial charge in [0.2, 0.25) is 11.8 Å². The summed E-state index contributed by atoms with van der Waals surface area (Å²) in [5, 5.41) is 14.9. The summed E-state index contributed by atoms with van der Waals surface area (Å²) in [5.74, 6) is -0.0897. The van der Waals surface area contributed by atoms with Gasteiger partial charge in [0.15, 0.2) is 0 Å². The number of rotatable bonds is 5. The third-order valence-corrected chi connectivity index (χ3v) is 4.20. The number of nitrogens with zero attached hydrogens (tertiary/aromatic N) is 4. The van der Waals surface area contributed by atoms with Crippen LogP contribution in [0.25, 0.3) is 16.7 Å². The Bertz CT molecular complexity index is 1190. The van der Waals surface area contributed by atoms with Crippen LogP contribution < -0.4 is 10.1 Å². The van der Waals surface area contributed by atoms with Gasteiger partial charge in [-0.05, 0) is 23.6 Å². The van der Waals surface area contributed by atoms with E-state index in [1.165, 1.54) is 7.11 Å². The highest BCUT2D eigenvalue weighted by Crippen LogP contribution is 2.33. The Hall–Kier alpha value is -4.01. The standard InChI is InChI=1S/C19H14FN5O3/c1-28-17-10-13(20)16(25(26)27)11-14(17)22-19-21-8-6-18(23-19)24-9-7-12-4-2-3-5-15(12)24/h2-11H,1H3,(H,21,22,23). The number of benzene rings is 2. The first-order valence-electron chi connectivity index (χ1n) is 8.25. The van der Waals surface area contributed by atoms with Crippen molar-refractivity contribution >= 4 is 28.2 Å². The molecule has 2 heterocycles. The monoisotopic (exact) mass is 379 g/mol. The van der Waals surface area contributed by atoms with Crippen LogP contribution in [0.2, 0.25) is 0 Å². The topological polar surface area (TPSA) is 95.1 Å². The van der Waals surface area contributed by atoms with Crippen LogP contribution in [0.1, 0.15) is 0 Å². The lowest BCUT2D eigenvalue weighted by molar-refractivity contribution is -0.387. The molecule has 0 aliphatic rings. The minimum Gasteiger partial charge on any atom is -0.494 e. The second kappa shape index (κ2) is 6.95. The van der Waals surface area contributed by atoms with E-state index in [0.717, 1.165) is 23.0 Å². The van der Waals surface area contributed by atoms with Gasteiger partial charge in [0, 0.05) is 24.5 Å². The molecule has 0 aliphatic carbocycles. The van der Waals surface area contributed by atoms with Crippen molar-refractivity contribution in [3.05, 3.63) is 76.9 Å². The summed E-state index contributed by atoms with van der Waals surface area (Å²) in [5.41, 5.74) is 0.489. The van der Waals surface area contributed by atoms with E-state index in [1.807, 2.05) is 41.1 Å². The van der Waals surface area contributed by atoms with Crippen molar-refractivity contribution in [1.82, 2.24) is 14.5 Å². The maximum Gasteiger partial charge on any atom is 0.307 e. The molecule has 4 aromatic rings. The second-order valence-electron chi connectivity index (χ2n) is 5.87. The Morgan fingerprint density at radius 2 is 2.04 bits per heavy atom. The van der Waals surface area contributed by atoms with E-state index in [1.54, 1.807) is 12.3 Å². The van der Waals surface area contributed by atoms with Crippen LogP contribution in [0.5, 0.6) is 5.75 Å². The summed E-state index contributed by atoms with van der Waals surface area (Å²) in [6, 6.07) is 13.6. The van der Waals surface area contributed by atoms with Crippen molar-refractivity contribution in [2.24, 2.45) is 0 Å². The first-order valence-corrected chi connectivity index (χ1v) is 8.25. The molecular weight excluding hydrogens is 365 g/mol. The number of ether oxygens (including phenoxy) is 1. The molecule has 0 radical (unpaired) electrons. The van der Waals surface area contributed by atoms with Crippen LogP contribution in [0.3, 0.4) is 0 Å². The van der Waals surface area contributed by atoms with Crippen LogP contribution in [-0.4, -0.2) is 26.6 Å². The maximum absolute atomic E-state index is 13.8. The number of hydrogen-bond acceptors (Lipinski definition) is 6. The summed E-state index contributed by atoms with van der Waals surface area (Å²) in [4.78, 5) is 18.8. The summed E-state index contributed by atoms with van der Waals surface area (Å²) in [7, 11) is 1.34. The maximum atomic E-state index is 13.8. The smallest absolute Gasteiger partial charge is 0.307 e. The van der Waals surface area contributed by atoms with E-state index >= 15 is 0 Å². The Labute approximate surface area is 158 Å². The number of nitrogens with one attached hydrogen (secondary N) is 1. The van der Waals surface area contributed by atoms with E-state index < -0.39 is 16.4 Å². The Morgan fingerprint density at radius 3 is 2.82 bits per heavy atom. The molecule has 1 N–H and O–H groups in total. The fourth-order valence-electron chi connectivity index (χ4n) is 2.90. The highest BCUT2D eigenvalue weighted by atomic mass is 19.1. The summed E-state index contributed by atoms with van der Waals surface area (Å²) >= 11 is 0. The predicted molar refractivity (Wildman–Crippen MR) is 102 cm³/mol. The molecule has 0 atom stereocenters. The Balaban J connectivity index is 1.73. The van der Waals surface area contributed by atoms with E-state index in [2.05, 4.69) is 15.3 Å². The lowest BCUT2D eigenvalue weighted by Gasteiger charge is -2.11. The zero-order valence-corrected chi connectivity index (χ0v) is 14.7. The molecule has 4 rings (SSSR count). The fraction of sp³-hybridized carbons (Fsp3) is 0.0526. The molecule has 0 saturated carbocycles. The molecule has 0 fully saturated rings. The van der Waals surface area contributed by atoms with Gasteiger partial charge < -0.3 is 14.6 Å². The number of aromatic nitrogens is 3. The number of halogens is 1. The van der Waals surface area contributed by atoms with Crippen molar-refractivity contribution in [1.29, 1.82) is 0 Å². The molecule has 2 aromatic heterocycles. The molecule has 0 aliphatic heterocycles. The molecule has 2 aromatic carbocycles. The van der Waals surface area contributed by atoms with Gasteiger partial charge in [0.1, 0.15) is 11.6 Å². The molecule has 0 bridgehead atoms. The van der Waals surface area contributed by atoms with E-state index in [4.69, 9.17) is 4.74 Å². The van der Waals surface area contributed by atoms with Crippen molar-refractivity contribution < 1.29 is 14.1 Å². The first-order chi connectivity index (χ1) is 13.6. The zero-order valence-electron chi connectivity index (χ0n) is 14.7. The number of anilines is 2. The van der Waals surface area contributed by atoms with E-state index in [9.17, 15) is 14.5 Å². The molecule has 8 nitrogen and oxygen atoms in total. The van der Waals surface area contributed by atoms with Gasteiger partial charge in [-0.3, -0.25) is 10.1 Å². The number of para-hydroxylation sites is 1. The second-order valence-corrected chi connectivity index (χ2v) is 5.87. The summed E-state index contributed by atoms with van der Waals surface area (Å²) in [6.07, 6.45) is 3.45. The largest absolute Gasteiger partial charge is 0.494 e. The minimum atomic E-state index is -0.985. The van der Waals surface area contributed by atoms with Crippen molar-refractivity contribution in [2.45, 2.75) is 0 Å². The normalized spacial score (nSPS) is 10.8. The molecular formula is C19H14FN5O3. The van der Waals surface area contributed by atoms with Gasteiger partial charge in [-0.2, -0.15) is 9.37 Å². The van der Waals surface area contributed by atoms with Crippen molar-refractivity contribution in [3.63, 3.8) is 0 Å². The highest BCUT2D eigenvalue weighted by Gasteiger charge is 2.19. The molecule has 0 amide bonds. The Kier molecular flexibility index (Phi) is 4.32. The van der Waals surface area contributed by atoms with Crippen molar-refractivity contribution in [3.8, 4) is 11.6 Å². The third-order valence-electron chi connectivity index (χ3n) is 4.20. The first kappa shape index (κ1) is 17.4. The fourth-order valence-corrected chi connectivity index (χ4v) is 2.90. The molecule has 0 spiro atoms. The van der Waals surface area contributed by atoms with Gasteiger partial charge in [-0.25, -0.2) is 4.98 Å². The van der Waals surface area contributed by atoms with Gasteiger partial charge in [0.05, 0.1) is 23.2 Å². The summed E-state index contributed by atoms with van der Waals surface area (Å²) in [6.45, 7) is 0. The number of methoxy groups -OCH3 is 1. The number of hydrogen-bond donors (Lipinski definition) is 1. The van der Waals surface area contributed by atoms with Crippen LogP contribution >= 0.6 is 0 Å². The minimum absolute atomic E-state index is 0.100. The predicted octanol–water partition coefficient (Wildman–Crippen LogP) is 4.22. The van der Waals surface area contributed by atoms with E-state index in [-0.39, 0.29) is 17.4 Å². The molecule has 9 heteroatoms. The Morgan fingerprint density at radius 1 is 1.21 bits per heavy atom. The van der Waals surface area contributed by atoms with Crippen LogP contribution in [0.4, 0.5) is 21.7 Å². The lowest BCUT2D eigenvalue weighted by atomic mass is 10.2.